The molecule has 1 spiro atoms. The molecule has 2 fully saturated rings. The second-order valence-electron chi connectivity index (χ2n) is 6.69. The van der Waals surface area contributed by atoms with Crippen molar-refractivity contribution in [1.82, 2.24) is 0 Å². The van der Waals surface area contributed by atoms with Crippen LogP contribution in [0.4, 0.5) is 0 Å². The summed E-state index contributed by atoms with van der Waals surface area (Å²) in [6.07, 6.45) is 0. The van der Waals surface area contributed by atoms with Gasteiger partial charge in [0.05, 0.1) is 45.0 Å². The lowest BCUT2D eigenvalue weighted by molar-refractivity contribution is -0.187. The molecule has 8 heteroatoms. The van der Waals surface area contributed by atoms with E-state index in [2.05, 4.69) is 17.1 Å². The fourth-order valence-electron chi connectivity index (χ4n) is 4.86. The van der Waals surface area contributed by atoms with Crippen molar-refractivity contribution in [2.75, 3.05) is 27.4 Å². The molecule has 1 aromatic rings. The van der Waals surface area contributed by atoms with Crippen LogP contribution in [0.25, 0.3) is 0 Å². The van der Waals surface area contributed by atoms with Crippen molar-refractivity contribution in [3.8, 4) is 23.6 Å². The van der Waals surface area contributed by atoms with E-state index in [1.807, 2.05) is 0 Å². The van der Waals surface area contributed by atoms with Gasteiger partial charge in [-0.2, -0.15) is 10.5 Å². The maximum Gasteiger partial charge on any atom is 0.293 e. The standard InChI is InChI=1S/C18H18N4O4/c1-15(12-8-11(23-2)4-5-13(12)24-3)16(9-19)14(21)22-18(17(15,16)10-20)25-6-7-26-18/h4-5,8H,6-7H2,1-3H3,(H2,21,22)/t15-,16-,17+/m0/s1. The summed E-state index contributed by atoms with van der Waals surface area (Å²) in [6, 6.07) is 9.77. The number of aliphatic imine (C=N–C) groups is 1. The van der Waals surface area contributed by atoms with Crippen LogP contribution in [0.2, 0.25) is 0 Å². The number of ether oxygens (including phenoxy) is 4. The summed E-state index contributed by atoms with van der Waals surface area (Å²) in [7, 11) is 3.07. The number of benzene rings is 1. The van der Waals surface area contributed by atoms with Crippen LogP contribution < -0.4 is 15.2 Å². The monoisotopic (exact) mass is 354 g/mol. The van der Waals surface area contributed by atoms with Crippen molar-refractivity contribution in [2.45, 2.75) is 18.2 Å². The van der Waals surface area contributed by atoms with Gasteiger partial charge in [-0.15, -0.1) is 0 Å². The van der Waals surface area contributed by atoms with Crippen molar-refractivity contribution in [2.24, 2.45) is 21.6 Å². The lowest BCUT2D eigenvalue weighted by Crippen LogP contribution is -2.42. The Bertz CT molecular complexity index is 911. The molecule has 3 aliphatic rings. The molecule has 2 N–H and O–H groups in total. The van der Waals surface area contributed by atoms with Crippen molar-refractivity contribution in [3.63, 3.8) is 0 Å². The first-order valence-corrected chi connectivity index (χ1v) is 8.13. The van der Waals surface area contributed by atoms with E-state index in [0.717, 1.165) is 0 Å². The summed E-state index contributed by atoms with van der Waals surface area (Å²) >= 11 is 0. The highest BCUT2D eigenvalue weighted by atomic mass is 16.8. The van der Waals surface area contributed by atoms with Gasteiger partial charge in [-0.1, -0.05) is 6.92 Å². The zero-order valence-electron chi connectivity index (χ0n) is 14.7. The van der Waals surface area contributed by atoms with Gasteiger partial charge in [0, 0.05) is 5.56 Å². The minimum Gasteiger partial charge on any atom is -0.497 e. The second kappa shape index (κ2) is 4.88. The number of nitriles is 2. The summed E-state index contributed by atoms with van der Waals surface area (Å²) in [4.78, 5) is 4.29. The minimum absolute atomic E-state index is 0.0378. The lowest BCUT2D eigenvalue weighted by atomic mass is 9.84. The number of nitrogens with zero attached hydrogens (tertiary/aromatic N) is 3. The van der Waals surface area contributed by atoms with Crippen LogP contribution in [0.1, 0.15) is 12.5 Å². The van der Waals surface area contributed by atoms with Crippen molar-refractivity contribution in [1.29, 1.82) is 10.5 Å². The predicted octanol–water partition coefficient (Wildman–Crippen LogP) is 1.07. The van der Waals surface area contributed by atoms with Gasteiger partial charge in [-0.25, -0.2) is 4.99 Å². The largest absolute Gasteiger partial charge is 0.497 e. The van der Waals surface area contributed by atoms with Gasteiger partial charge in [-0.05, 0) is 18.2 Å². The molecule has 0 amide bonds. The number of rotatable bonds is 3. The normalized spacial score (nSPS) is 36.0. The molecule has 2 heterocycles. The van der Waals surface area contributed by atoms with Gasteiger partial charge in [0.25, 0.3) is 5.91 Å². The van der Waals surface area contributed by atoms with Gasteiger partial charge in [0.1, 0.15) is 17.3 Å². The number of hydrogen-bond donors (Lipinski definition) is 1. The van der Waals surface area contributed by atoms with E-state index in [1.54, 1.807) is 32.2 Å². The molecule has 8 nitrogen and oxygen atoms in total. The van der Waals surface area contributed by atoms with Gasteiger partial charge >= 0.3 is 0 Å². The molecule has 4 rings (SSSR count). The highest BCUT2D eigenvalue weighted by molar-refractivity contribution is 6.02. The Morgan fingerprint density at radius 1 is 1.15 bits per heavy atom. The molecular formula is C18H18N4O4. The minimum atomic E-state index is -1.59. The summed E-state index contributed by atoms with van der Waals surface area (Å²) in [5.74, 6) is -0.459. The van der Waals surface area contributed by atoms with Crippen molar-refractivity contribution in [3.05, 3.63) is 23.8 Å². The molecule has 1 saturated carbocycles. The van der Waals surface area contributed by atoms with Crippen LogP contribution in [0.3, 0.4) is 0 Å². The maximum atomic E-state index is 10.2. The molecule has 0 bridgehead atoms. The fraction of sp³-hybridized carbons (Fsp3) is 0.500. The average molecular weight is 354 g/mol. The highest BCUT2D eigenvalue weighted by Crippen LogP contribution is 2.86. The molecule has 2 aliphatic heterocycles. The van der Waals surface area contributed by atoms with Gasteiger partial charge < -0.3 is 24.7 Å². The third kappa shape index (κ3) is 1.34. The molecule has 1 saturated heterocycles. The van der Waals surface area contributed by atoms with Gasteiger partial charge in [-0.3, -0.25) is 0 Å². The number of amidine groups is 1. The zero-order valence-corrected chi connectivity index (χ0v) is 14.7. The summed E-state index contributed by atoms with van der Waals surface area (Å²) in [6.45, 7) is 2.34. The first-order valence-electron chi connectivity index (χ1n) is 8.13. The zero-order chi connectivity index (χ0) is 18.8. The van der Waals surface area contributed by atoms with Crippen molar-refractivity contribution < 1.29 is 18.9 Å². The molecular weight excluding hydrogens is 336 g/mol. The van der Waals surface area contributed by atoms with E-state index in [4.69, 9.17) is 24.7 Å². The molecule has 0 radical (unpaired) electrons. The second-order valence-corrected chi connectivity index (χ2v) is 6.69. The Balaban J connectivity index is 2.03. The van der Waals surface area contributed by atoms with E-state index in [9.17, 15) is 10.5 Å². The van der Waals surface area contributed by atoms with E-state index in [0.29, 0.717) is 17.1 Å². The smallest absolute Gasteiger partial charge is 0.293 e. The lowest BCUT2D eigenvalue weighted by Gasteiger charge is -2.30. The van der Waals surface area contributed by atoms with Crippen LogP contribution in [-0.4, -0.2) is 39.2 Å². The third-order valence-corrected chi connectivity index (χ3v) is 6.09. The summed E-state index contributed by atoms with van der Waals surface area (Å²) in [5.41, 5.74) is 2.95. The maximum absolute atomic E-state index is 10.2. The molecule has 1 aliphatic carbocycles. The van der Waals surface area contributed by atoms with Crippen LogP contribution in [-0.2, 0) is 14.9 Å². The number of methoxy groups -OCH3 is 2. The first-order chi connectivity index (χ1) is 12.4. The molecule has 3 atom stereocenters. The van der Waals surface area contributed by atoms with Gasteiger partial charge in [0.15, 0.2) is 10.8 Å². The Morgan fingerprint density at radius 3 is 2.38 bits per heavy atom. The Labute approximate surface area is 150 Å². The van der Waals surface area contributed by atoms with E-state index in [-0.39, 0.29) is 19.0 Å². The van der Waals surface area contributed by atoms with Crippen LogP contribution >= 0.6 is 0 Å². The summed E-state index contributed by atoms with van der Waals surface area (Å²) < 4.78 is 22.4. The molecule has 0 unspecified atom stereocenters. The highest BCUT2D eigenvalue weighted by Gasteiger charge is 3.00. The fourth-order valence-corrected chi connectivity index (χ4v) is 4.86. The topological polar surface area (TPSA) is 123 Å². The molecule has 26 heavy (non-hydrogen) atoms. The van der Waals surface area contributed by atoms with Crippen LogP contribution in [0.15, 0.2) is 23.2 Å². The van der Waals surface area contributed by atoms with Crippen LogP contribution in [0, 0.1) is 33.5 Å². The van der Waals surface area contributed by atoms with E-state index < -0.39 is 22.2 Å². The molecule has 0 aromatic heterocycles. The van der Waals surface area contributed by atoms with Gasteiger partial charge in [0.2, 0.25) is 0 Å². The van der Waals surface area contributed by atoms with Crippen molar-refractivity contribution >= 4 is 5.84 Å². The number of nitrogens with two attached hydrogens (primary N) is 1. The number of fused-ring (bicyclic) bond motifs is 2. The Morgan fingerprint density at radius 2 is 1.85 bits per heavy atom. The molecule has 134 valence electrons. The third-order valence-electron chi connectivity index (χ3n) is 6.09. The van der Waals surface area contributed by atoms with E-state index >= 15 is 0 Å². The SMILES string of the molecule is COc1ccc(OC)c([C@@]2(C)[C@]3(C#N)C(N)=NC4(OCCO4)[C@@]32C#N)c1. The average Bonchev–Trinajstić information content (AvgIpc) is 2.94. The summed E-state index contributed by atoms with van der Waals surface area (Å²) in [5, 5.41) is 20.4. The number of hydrogen-bond acceptors (Lipinski definition) is 8. The first kappa shape index (κ1) is 16.6. The quantitative estimate of drug-likeness (QED) is 0.861. The molecule has 1 aromatic carbocycles. The van der Waals surface area contributed by atoms with E-state index in [1.165, 1.54) is 7.11 Å². The predicted molar refractivity (Wildman–Crippen MR) is 89.2 cm³/mol. The Hall–Kier alpha value is -2.81. The Kier molecular flexibility index (Phi) is 3.12. The van der Waals surface area contributed by atoms with Crippen LogP contribution in [0.5, 0.6) is 11.5 Å².